The minimum atomic E-state index is -0.0627. The maximum atomic E-state index is 12.9. The van der Waals surface area contributed by atoms with E-state index in [1.807, 2.05) is 18.2 Å². The molecule has 1 unspecified atom stereocenters. The van der Waals surface area contributed by atoms with Crippen LogP contribution in [0.2, 0.25) is 0 Å². The Morgan fingerprint density at radius 1 is 1.23 bits per heavy atom. The third-order valence-corrected chi connectivity index (χ3v) is 7.50. The van der Waals surface area contributed by atoms with E-state index in [1.54, 1.807) is 25.6 Å². The summed E-state index contributed by atoms with van der Waals surface area (Å²) in [6.45, 7) is 1.16. The predicted octanol–water partition coefficient (Wildman–Crippen LogP) is 4.68. The number of carbonyl (C=O) groups is 1. The van der Waals surface area contributed by atoms with Crippen molar-refractivity contribution >= 4 is 22.2 Å². The van der Waals surface area contributed by atoms with Crippen molar-refractivity contribution in [2.45, 2.75) is 51.0 Å². The third kappa shape index (κ3) is 4.56. The van der Waals surface area contributed by atoms with Crippen molar-refractivity contribution < 1.29 is 14.3 Å². The van der Waals surface area contributed by atoms with Gasteiger partial charge in [0.1, 0.15) is 22.6 Å². The van der Waals surface area contributed by atoms with Gasteiger partial charge >= 0.3 is 0 Å². The zero-order valence-electron chi connectivity index (χ0n) is 18.2. The number of nitrogens with one attached hydrogen (secondary N) is 1. The molecule has 1 atom stereocenters. The molecule has 1 N–H and O–H groups in total. The Labute approximate surface area is 187 Å². The van der Waals surface area contributed by atoms with Crippen molar-refractivity contribution in [3.05, 3.63) is 39.8 Å². The Bertz CT molecular complexity index is 995. The van der Waals surface area contributed by atoms with E-state index in [2.05, 4.69) is 16.3 Å². The number of nitrogens with zero attached hydrogens (tertiary/aromatic N) is 2. The molecule has 2 heterocycles. The fraction of sp³-hybridized carbons (Fsp3) is 0.500. The lowest BCUT2D eigenvalue weighted by molar-refractivity contribution is -0.117. The molecule has 2 aliphatic rings. The summed E-state index contributed by atoms with van der Waals surface area (Å²) in [5, 5.41) is 13.5. The lowest BCUT2D eigenvalue weighted by Crippen LogP contribution is -2.33. The molecule has 1 aliphatic carbocycles. The molecule has 2 aromatic rings. The highest BCUT2D eigenvalue weighted by atomic mass is 32.1. The van der Waals surface area contributed by atoms with E-state index in [0.717, 1.165) is 72.7 Å². The van der Waals surface area contributed by atoms with Crippen LogP contribution in [0.25, 0.3) is 0 Å². The van der Waals surface area contributed by atoms with Gasteiger partial charge in [0.05, 0.1) is 26.3 Å². The Hall–Kier alpha value is -2.56. The molecule has 0 spiro atoms. The van der Waals surface area contributed by atoms with Crippen molar-refractivity contribution in [1.29, 1.82) is 5.26 Å². The highest BCUT2D eigenvalue weighted by Crippen LogP contribution is 2.39. The predicted molar refractivity (Wildman–Crippen MR) is 122 cm³/mol. The van der Waals surface area contributed by atoms with Crippen LogP contribution in [0.1, 0.15) is 59.7 Å². The average Bonchev–Trinajstić information content (AvgIpc) is 3.29. The topological polar surface area (TPSA) is 74.6 Å². The SMILES string of the molecule is COc1ccc(C2CCCN2CC(=O)Nc2sc3c(c2C#N)CCCCC3)c(OC)c1. The van der Waals surface area contributed by atoms with E-state index in [0.29, 0.717) is 12.1 Å². The fourth-order valence-electron chi connectivity index (χ4n) is 4.76. The molecule has 7 heteroatoms. The third-order valence-electron chi connectivity index (χ3n) is 6.30. The number of thiophene rings is 1. The van der Waals surface area contributed by atoms with E-state index in [9.17, 15) is 10.1 Å². The molecule has 1 amide bonds. The molecule has 1 fully saturated rings. The number of hydrogen-bond acceptors (Lipinski definition) is 6. The van der Waals surface area contributed by atoms with E-state index >= 15 is 0 Å². The Kier molecular flexibility index (Phi) is 6.79. The molecule has 1 aliphatic heterocycles. The first-order chi connectivity index (χ1) is 15.1. The number of likely N-dealkylation sites (tertiary alicyclic amines) is 1. The highest BCUT2D eigenvalue weighted by molar-refractivity contribution is 7.16. The summed E-state index contributed by atoms with van der Waals surface area (Å²) in [6, 6.07) is 8.33. The second-order valence-corrected chi connectivity index (χ2v) is 9.27. The van der Waals surface area contributed by atoms with Gasteiger partial charge < -0.3 is 14.8 Å². The summed E-state index contributed by atoms with van der Waals surface area (Å²) in [5.74, 6) is 1.47. The van der Waals surface area contributed by atoms with E-state index < -0.39 is 0 Å². The van der Waals surface area contributed by atoms with Gasteiger partial charge in [-0.15, -0.1) is 11.3 Å². The first-order valence-electron chi connectivity index (χ1n) is 10.9. The molecule has 164 valence electrons. The van der Waals surface area contributed by atoms with Gasteiger partial charge in [-0.3, -0.25) is 9.69 Å². The monoisotopic (exact) mass is 439 g/mol. The first kappa shape index (κ1) is 21.7. The molecule has 1 aromatic heterocycles. The number of benzene rings is 1. The van der Waals surface area contributed by atoms with Crippen molar-refractivity contribution in [2.24, 2.45) is 0 Å². The summed E-state index contributed by atoms with van der Waals surface area (Å²) < 4.78 is 10.9. The Morgan fingerprint density at radius 2 is 2.06 bits per heavy atom. The lowest BCUT2D eigenvalue weighted by atomic mass is 10.0. The number of fused-ring (bicyclic) bond motifs is 1. The molecule has 1 saturated heterocycles. The van der Waals surface area contributed by atoms with Crippen LogP contribution in [0.3, 0.4) is 0 Å². The summed E-state index contributed by atoms with van der Waals surface area (Å²) in [4.78, 5) is 16.4. The first-order valence-corrected chi connectivity index (χ1v) is 11.8. The van der Waals surface area contributed by atoms with Gasteiger partial charge in [-0.2, -0.15) is 5.26 Å². The van der Waals surface area contributed by atoms with Crippen LogP contribution in [0.15, 0.2) is 18.2 Å². The number of methoxy groups -OCH3 is 2. The fourth-order valence-corrected chi connectivity index (χ4v) is 6.02. The Morgan fingerprint density at radius 3 is 2.84 bits per heavy atom. The summed E-state index contributed by atoms with van der Waals surface area (Å²) in [7, 11) is 3.30. The number of nitriles is 1. The number of anilines is 1. The smallest absolute Gasteiger partial charge is 0.239 e. The minimum absolute atomic E-state index is 0.0627. The molecule has 31 heavy (non-hydrogen) atoms. The summed E-state index contributed by atoms with van der Waals surface area (Å²) in [6.07, 6.45) is 7.44. The van der Waals surface area contributed by atoms with E-state index in [4.69, 9.17) is 9.47 Å². The van der Waals surface area contributed by atoms with Crippen LogP contribution in [0, 0.1) is 11.3 Å². The highest BCUT2D eigenvalue weighted by Gasteiger charge is 2.30. The normalized spacial score (nSPS) is 18.7. The van der Waals surface area contributed by atoms with Crippen molar-refractivity contribution in [2.75, 3.05) is 32.6 Å². The second kappa shape index (κ2) is 9.71. The van der Waals surface area contributed by atoms with Gasteiger partial charge in [0.15, 0.2) is 0 Å². The van der Waals surface area contributed by atoms with Gasteiger partial charge in [0, 0.05) is 22.5 Å². The molecular formula is C24H29N3O3S. The molecular weight excluding hydrogens is 410 g/mol. The zero-order valence-corrected chi connectivity index (χ0v) is 19.0. The molecule has 0 saturated carbocycles. The number of aryl methyl sites for hydroxylation is 1. The standard InChI is InChI=1S/C24H29N3O3S/c1-29-16-10-11-18(21(13-16)30-2)20-8-6-12-27(20)15-23(28)26-24-19(14-25)17-7-4-3-5-9-22(17)31-24/h10-11,13,20H,3-9,12,15H2,1-2H3,(H,26,28). The van der Waals surface area contributed by atoms with Gasteiger partial charge in [-0.25, -0.2) is 0 Å². The number of rotatable bonds is 6. The van der Waals surface area contributed by atoms with Crippen LogP contribution in [0.4, 0.5) is 5.00 Å². The van der Waals surface area contributed by atoms with Crippen LogP contribution in [0.5, 0.6) is 11.5 Å². The van der Waals surface area contributed by atoms with Gasteiger partial charge in [0.25, 0.3) is 0 Å². The minimum Gasteiger partial charge on any atom is -0.497 e. The summed E-state index contributed by atoms with van der Waals surface area (Å²) in [5.41, 5.74) is 2.90. The maximum Gasteiger partial charge on any atom is 0.239 e. The largest absolute Gasteiger partial charge is 0.497 e. The van der Waals surface area contributed by atoms with Crippen LogP contribution >= 0.6 is 11.3 Å². The van der Waals surface area contributed by atoms with Gasteiger partial charge in [0.2, 0.25) is 5.91 Å². The maximum absolute atomic E-state index is 12.9. The number of hydrogen-bond donors (Lipinski definition) is 1. The molecule has 1 aromatic carbocycles. The van der Waals surface area contributed by atoms with Gasteiger partial charge in [-0.05, 0) is 56.7 Å². The molecule has 4 rings (SSSR count). The number of amides is 1. The molecule has 0 bridgehead atoms. The van der Waals surface area contributed by atoms with Crippen LogP contribution < -0.4 is 14.8 Å². The van der Waals surface area contributed by atoms with E-state index in [1.165, 1.54) is 11.3 Å². The molecule has 0 radical (unpaired) electrons. The van der Waals surface area contributed by atoms with Gasteiger partial charge in [-0.1, -0.05) is 12.5 Å². The van der Waals surface area contributed by atoms with Crippen molar-refractivity contribution in [1.82, 2.24) is 4.90 Å². The van der Waals surface area contributed by atoms with Crippen molar-refractivity contribution in [3.8, 4) is 17.6 Å². The quantitative estimate of drug-likeness (QED) is 0.662. The summed E-state index contributed by atoms with van der Waals surface area (Å²) >= 11 is 1.59. The van der Waals surface area contributed by atoms with Crippen LogP contribution in [-0.2, 0) is 17.6 Å². The second-order valence-electron chi connectivity index (χ2n) is 8.16. The number of carbonyl (C=O) groups excluding carboxylic acids is 1. The average molecular weight is 440 g/mol. The zero-order chi connectivity index (χ0) is 21.8. The van der Waals surface area contributed by atoms with Crippen LogP contribution in [-0.4, -0.2) is 38.1 Å². The lowest BCUT2D eigenvalue weighted by Gasteiger charge is -2.25. The van der Waals surface area contributed by atoms with E-state index in [-0.39, 0.29) is 11.9 Å². The Balaban J connectivity index is 1.48. The molecule has 6 nitrogen and oxygen atoms in total. The van der Waals surface area contributed by atoms with Crippen molar-refractivity contribution in [3.63, 3.8) is 0 Å². The number of ether oxygens (including phenoxy) is 2.